The fourth-order valence-corrected chi connectivity index (χ4v) is 9.09. The molecule has 0 aliphatic carbocycles. The van der Waals surface area contributed by atoms with Crippen LogP contribution in [0.25, 0.3) is 103 Å². The van der Waals surface area contributed by atoms with Gasteiger partial charge in [0.1, 0.15) is 0 Å². The molecule has 11 aromatic rings. The first-order chi connectivity index (χ1) is 25.8. The van der Waals surface area contributed by atoms with Gasteiger partial charge < -0.3 is 0 Å². The summed E-state index contributed by atoms with van der Waals surface area (Å²) in [6, 6.07) is 60.2. The van der Waals surface area contributed by atoms with Crippen LogP contribution in [-0.4, -0.2) is 19.5 Å². The number of thiophene rings is 1. The monoisotopic (exact) mass is 680 g/mol. The van der Waals surface area contributed by atoms with Crippen molar-refractivity contribution in [2.45, 2.75) is 0 Å². The van der Waals surface area contributed by atoms with Gasteiger partial charge in [-0.3, -0.25) is 4.57 Å². The van der Waals surface area contributed by atoms with Gasteiger partial charge in [0, 0.05) is 53.2 Å². The van der Waals surface area contributed by atoms with Gasteiger partial charge in [0.05, 0.1) is 11.0 Å². The molecule has 0 unspecified atom stereocenters. The highest BCUT2D eigenvalue weighted by molar-refractivity contribution is 7.26. The summed E-state index contributed by atoms with van der Waals surface area (Å²) < 4.78 is 4.83. The van der Waals surface area contributed by atoms with E-state index in [0.29, 0.717) is 17.6 Å². The first-order valence-corrected chi connectivity index (χ1v) is 18.3. The van der Waals surface area contributed by atoms with Crippen molar-refractivity contribution < 1.29 is 0 Å². The molecule has 52 heavy (non-hydrogen) atoms. The van der Waals surface area contributed by atoms with E-state index in [1.807, 2.05) is 29.5 Å². The van der Waals surface area contributed by atoms with Crippen molar-refractivity contribution in [3.8, 4) is 39.9 Å². The number of rotatable bonds is 4. The second kappa shape index (κ2) is 11.4. The summed E-state index contributed by atoms with van der Waals surface area (Å²) in [7, 11) is 0. The summed E-state index contributed by atoms with van der Waals surface area (Å²) >= 11 is 1.85. The summed E-state index contributed by atoms with van der Waals surface area (Å²) in [5.74, 6) is 1.85. The third kappa shape index (κ3) is 4.43. The number of benzene rings is 8. The molecule has 0 saturated heterocycles. The highest BCUT2D eigenvalue weighted by Gasteiger charge is 2.23. The maximum absolute atomic E-state index is 5.33. The van der Waals surface area contributed by atoms with Crippen LogP contribution in [0.1, 0.15) is 0 Å². The first-order valence-electron chi connectivity index (χ1n) is 17.5. The molecule has 0 aliphatic heterocycles. The van der Waals surface area contributed by atoms with Crippen molar-refractivity contribution in [3.63, 3.8) is 0 Å². The Balaban J connectivity index is 1.28. The molecule has 0 amide bonds. The molecule has 4 nitrogen and oxygen atoms in total. The maximum atomic E-state index is 5.33. The van der Waals surface area contributed by atoms with E-state index in [-0.39, 0.29) is 0 Å². The minimum Gasteiger partial charge on any atom is -0.277 e. The van der Waals surface area contributed by atoms with Gasteiger partial charge in [0.15, 0.2) is 11.6 Å². The molecule has 0 saturated carbocycles. The average Bonchev–Trinajstić information content (AvgIpc) is 3.77. The van der Waals surface area contributed by atoms with Crippen LogP contribution in [0.3, 0.4) is 0 Å². The van der Waals surface area contributed by atoms with E-state index in [1.165, 1.54) is 47.3 Å². The predicted molar refractivity (Wildman–Crippen MR) is 218 cm³/mol. The molecule has 0 atom stereocenters. The van der Waals surface area contributed by atoms with Crippen molar-refractivity contribution in [2.75, 3.05) is 0 Å². The first kappa shape index (κ1) is 29.1. The Kier molecular flexibility index (Phi) is 6.39. The minimum absolute atomic E-state index is 0.586. The van der Waals surface area contributed by atoms with Crippen LogP contribution in [0.15, 0.2) is 170 Å². The van der Waals surface area contributed by atoms with Gasteiger partial charge >= 0.3 is 0 Å². The van der Waals surface area contributed by atoms with E-state index in [4.69, 9.17) is 15.0 Å². The van der Waals surface area contributed by atoms with Crippen LogP contribution >= 0.6 is 11.3 Å². The Hall–Kier alpha value is -6.69. The number of aromatic nitrogens is 4. The number of nitrogens with zero attached hydrogens (tertiary/aromatic N) is 4. The normalized spacial score (nSPS) is 11.8. The quantitative estimate of drug-likeness (QED) is 0.186. The van der Waals surface area contributed by atoms with E-state index in [1.54, 1.807) is 0 Å². The molecule has 0 fully saturated rings. The standard InChI is InChI=1S/C47H28N4S/c1-2-14-31(15-3-1)45-48-46(33-25-24-29-12-4-5-16-32(29)28-33)50-47(49-45)51-40-27-26-30-13-6-7-17-34(30)42(40)39-22-10-19-36(43(39)51)38-21-11-20-37-35-18-8-9-23-41(35)52-44(37)38/h1-28H. The van der Waals surface area contributed by atoms with Gasteiger partial charge in [0.2, 0.25) is 5.95 Å². The highest BCUT2D eigenvalue weighted by Crippen LogP contribution is 2.45. The fourth-order valence-electron chi connectivity index (χ4n) is 7.86. The van der Waals surface area contributed by atoms with Crippen molar-refractivity contribution in [1.82, 2.24) is 19.5 Å². The van der Waals surface area contributed by atoms with Gasteiger partial charge in [-0.2, -0.15) is 9.97 Å². The molecule has 0 aliphatic rings. The Morgan fingerprint density at radius 1 is 0.423 bits per heavy atom. The highest BCUT2D eigenvalue weighted by atomic mass is 32.1. The Bertz CT molecular complexity index is 3190. The van der Waals surface area contributed by atoms with Crippen molar-refractivity contribution in [3.05, 3.63) is 170 Å². The third-order valence-electron chi connectivity index (χ3n) is 10.2. The van der Waals surface area contributed by atoms with Gasteiger partial charge in [-0.05, 0) is 39.7 Å². The van der Waals surface area contributed by atoms with Crippen LogP contribution in [0, 0.1) is 0 Å². The Labute approximate surface area is 302 Å². The molecule has 5 heteroatoms. The zero-order valence-corrected chi connectivity index (χ0v) is 28.7. The molecule has 11 rings (SSSR count). The Morgan fingerprint density at radius 2 is 1.08 bits per heavy atom. The smallest absolute Gasteiger partial charge is 0.238 e. The van der Waals surface area contributed by atoms with Crippen molar-refractivity contribution in [2.24, 2.45) is 0 Å². The van der Waals surface area contributed by atoms with E-state index in [2.05, 4.69) is 156 Å². The van der Waals surface area contributed by atoms with E-state index < -0.39 is 0 Å². The summed E-state index contributed by atoms with van der Waals surface area (Å²) in [4.78, 5) is 15.7. The molecule has 3 aromatic heterocycles. The van der Waals surface area contributed by atoms with Crippen molar-refractivity contribution in [1.29, 1.82) is 0 Å². The van der Waals surface area contributed by atoms with Crippen LogP contribution in [0.4, 0.5) is 0 Å². The summed E-state index contributed by atoms with van der Waals surface area (Å²) in [6.45, 7) is 0. The Morgan fingerprint density at radius 3 is 1.94 bits per heavy atom. The molecule has 3 heterocycles. The van der Waals surface area contributed by atoms with Crippen LogP contribution in [-0.2, 0) is 0 Å². The second-order valence-corrected chi connectivity index (χ2v) is 14.3. The summed E-state index contributed by atoms with van der Waals surface area (Å²) in [5.41, 5.74) is 6.36. The lowest BCUT2D eigenvalue weighted by atomic mass is 9.98. The van der Waals surface area contributed by atoms with Crippen LogP contribution in [0.5, 0.6) is 0 Å². The maximum Gasteiger partial charge on any atom is 0.238 e. The van der Waals surface area contributed by atoms with Gasteiger partial charge in [-0.1, -0.05) is 152 Å². The molecular formula is C47H28N4S. The predicted octanol–water partition coefficient (Wildman–Crippen LogP) is 12.6. The van der Waals surface area contributed by atoms with Crippen LogP contribution < -0.4 is 0 Å². The third-order valence-corrected chi connectivity index (χ3v) is 11.5. The lowest BCUT2D eigenvalue weighted by molar-refractivity contribution is 0.954. The molecule has 0 N–H and O–H groups in total. The van der Waals surface area contributed by atoms with Gasteiger partial charge in [-0.25, -0.2) is 4.98 Å². The molecule has 0 spiro atoms. The van der Waals surface area contributed by atoms with Gasteiger partial charge in [-0.15, -0.1) is 11.3 Å². The molecule has 242 valence electrons. The minimum atomic E-state index is 0.586. The second-order valence-electron chi connectivity index (χ2n) is 13.2. The van der Waals surface area contributed by atoms with E-state index in [9.17, 15) is 0 Å². The lowest BCUT2D eigenvalue weighted by Gasteiger charge is -2.13. The molecular weight excluding hydrogens is 653 g/mol. The SMILES string of the molecule is c1ccc(-c2nc(-c3ccc4ccccc4c3)nc(-n3c4ccc5ccccc5c4c4cccc(-c5cccc6c5sc5ccccc56)c43)n2)cc1. The van der Waals surface area contributed by atoms with Crippen LogP contribution in [0.2, 0.25) is 0 Å². The number of hydrogen-bond acceptors (Lipinski definition) is 4. The van der Waals surface area contributed by atoms with Crippen molar-refractivity contribution >= 4 is 74.9 Å². The number of hydrogen-bond donors (Lipinski definition) is 0. The van der Waals surface area contributed by atoms with E-state index in [0.717, 1.165) is 38.5 Å². The van der Waals surface area contributed by atoms with Gasteiger partial charge in [0.25, 0.3) is 0 Å². The molecule has 8 aromatic carbocycles. The number of para-hydroxylation sites is 1. The number of fused-ring (bicyclic) bond motifs is 9. The topological polar surface area (TPSA) is 43.6 Å². The molecule has 0 radical (unpaired) electrons. The zero-order valence-electron chi connectivity index (χ0n) is 27.9. The molecule has 0 bridgehead atoms. The summed E-state index contributed by atoms with van der Waals surface area (Å²) in [5, 5.41) is 9.63. The largest absolute Gasteiger partial charge is 0.277 e. The fraction of sp³-hybridized carbons (Fsp3) is 0. The summed E-state index contributed by atoms with van der Waals surface area (Å²) in [6.07, 6.45) is 0. The lowest BCUT2D eigenvalue weighted by Crippen LogP contribution is -2.07. The van der Waals surface area contributed by atoms with E-state index >= 15 is 0 Å². The zero-order chi connectivity index (χ0) is 34.2. The average molecular weight is 681 g/mol.